The highest BCUT2D eigenvalue weighted by Gasteiger charge is 2.54. The number of sulfonamides is 1. The zero-order valence-corrected chi connectivity index (χ0v) is 32.5. The number of aliphatic hydroxyl groups excluding tert-OH is 2. The lowest BCUT2D eigenvalue weighted by atomic mass is 9.88. The second-order valence-corrected chi connectivity index (χ2v) is 18.8. The molecule has 0 radical (unpaired) electrons. The molecule has 3 aromatic rings. The van der Waals surface area contributed by atoms with E-state index in [-0.39, 0.29) is 34.9 Å². The van der Waals surface area contributed by atoms with Gasteiger partial charge in [-0.05, 0) is 92.5 Å². The van der Waals surface area contributed by atoms with Crippen molar-refractivity contribution in [3.63, 3.8) is 0 Å². The third kappa shape index (κ3) is 8.93. The summed E-state index contributed by atoms with van der Waals surface area (Å²) >= 11 is 0. The molecule has 1 spiro atoms. The van der Waals surface area contributed by atoms with Crippen LogP contribution in [-0.4, -0.2) is 112 Å². The Morgan fingerprint density at radius 2 is 1.70 bits per heavy atom. The Labute approximate surface area is 318 Å². The van der Waals surface area contributed by atoms with E-state index in [2.05, 4.69) is 10.6 Å². The van der Waals surface area contributed by atoms with Gasteiger partial charge in [0.15, 0.2) is 9.84 Å². The van der Waals surface area contributed by atoms with Crippen molar-refractivity contribution < 1.29 is 46.1 Å². The van der Waals surface area contributed by atoms with Gasteiger partial charge >= 0.3 is 0 Å². The molecule has 2 unspecified atom stereocenters. The number of hydrogen-bond donors (Lipinski definition) is 4. The normalized spacial score (nSPS) is 20.0. The molecular formula is C39H51N3O10S2. The predicted octanol–water partition coefficient (Wildman–Crippen LogP) is 3.07. The van der Waals surface area contributed by atoms with Crippen molar-refractivity contribution in [2.24, 2.45) is 0 Å². The number of carbonyl (C=O) groups excluding carboxylic acids is 1. The van der Waals surface area contributed by atoms with Crippen molar-refractivity contribution in [3.8, 4) is 22.6 Å². The number of hydrogen-bond acceptors (Lipinski definition) is 11. The average molecular weight is 786 g/mol. The first-order valence-electron chi connectivity index (χ1n) is 18.5. The highest BCUT2D eigenvalue weighted by molar-refractivity contribution is 7.93. The fourth-order valence-electron chi connectivity index (χ4n) is 7.19. The van der Waals surface area contributed by atoms with Gasteiger partial charge in [0.25, 0.3) is 0 Å². The number of aliphatic hydroxyl groups is 2. The first-order valence-corrected chi connectivity index (χ1v) is 21.5. The van der Waals surface area contributed by atoms with Crippen molar-refractivity contribution in [2.75, 3.05) is 52.6 Å². The maximum absolute atomic E-state index is 14.1. The molecule has 1 amide bonds. The molecule has 2 aliphatic heterocycles. The standard InChI is InChI=1S/C39H51N3O10S2/c1-3-50-36-12-11-31(30-9-7-29(8-10-30)13-18-40-28(2)44)21-37(36)54(48,49)42-19-16-38(17-20-42)23-32(25-52-38)41-24-33(45)26-51-34-5-4-6-35(22-34)53(46,47)39(27-43)14-15-39/h4-12,21-22,32-33,41,43,45H,3,13-20,23-27H2,1-2H3,(H,40,44). The monoisotopic (exact) mass is 785 g/mol. The number of rotatable bonds is 17. The van der Waals surface area contributed by atoms with Crippen LogP contribution in [-0.2, 0) is 35.8 Å². The number of sulfone groups is 1. The van der Waals surface area contributed by atoms with Gasteiger partial charge in [-0.1, -0.05) is 36.4 Å². The summed E-state index contributed by atoms with van der Waals surface area (Å²) in [6.45, 7) is 4.93. The molecule has 6 rings (SSSR count). The number of ether oxygens (including phenoxy) is 3. The highest BCUT2D eigenvalue weighted by atomic mass is 32.2. The van der Waals surface area contributed by atoms with Crippen LogP contribution in [0, 0.1) is 0 Å². The van der Waals surface area contributed by atoms with Crippen molar-refractivity contribution in [3.05, 3.63) is 72.3 Å². The van der Waals surface area contributed by atoms with Gasteiger partial charge in [-0.3, -0.25) is 4.79 Å². The first kappa shape index (κ1) is 40.1. The zero-order valence-electron chi connectivity index (χ0n) is 30.8. The van der Waals surface area contributed by atoms with E-state index in [9.17, 15) is 31.8 Å². The van der Waals surface area contributed by atoms with E-state index in [1.54, 1.807) is 24.3 Å². The molecule has 294 valence electrons. The first-order chi connectivity index (χ1) is 25.8. The molecule has 0 bridgehead atoms. The van der Waals surface area contributed by atoms with Crippen LogP contribution in [0.15, 0.2) is 76.5 Å². The molecule has 1 aliphatic carbocycles. The summed E-state index contributed by atoms with van der Waals surface area (Å²) in [4.78, 5) is 11.4. The number of piperidine rings is 1. The summed E-state index contributed by atoms with van der Waals surface area (Å²) in [5.41, 5.74) is 2.21. The highest BCUT2D eigenvalue weighted by Crippen LogP contribution is 2.46. The summed E-state index contributed by atoms with van der Waals surface area (Å²) in [5, 5.41) is 26.4. The Morgan fingerprint density at radius 1 is 0.981 bits per heavy atom. The second-order valence-electron chi connectivity index (χ2n) is 14.5. The summed E-state index contributed by atoms with van der Waals surface area (Å²) in [7, 11) is -7.59. The van der Waals surface area contributed by atoms with Crippen LogP contribution in [0.4, 0.5) is 0 Å². The van der Waals surface area contributed by atoms with E-state index >= 15 is 0 Å². The lowest BCUT2D eigenvalue weighted by Gasteiger charge is -2.38. The van der Waals surface area contributed by atoms with Gasteiger partial charge in [-0.2, -0.15) is 4.31 Å². The average Bonchev–Trinajstić information content (AvgIpc) is 3.89. The Bertz CT molecular complexity index is 1990. The summed E-state index contributed by atoms with van der Waals surface area (Å²) in [5.74, 6) is 0.554. The SMILES string of the molecule is CCOc1ccc(-c2ccc(CCNC(C)=O)cc2)cc1S(=O)(=O)N1CCC2(CC1)CC(NCC(O)COc1cccc(S(=O)(=O)C3(CO)CC3)c1)CO2. The zero-order chi connectivity index (χ0) is 38.6. The molecule has 3 fully saturated rings. The van der Waals surface area contributed by atoms with Gasteiger partial charge in [0.05, 0.1) is 35.1 Å². The Balaban J connectivity index is 1.01. The maximum Gasteiger partial charge on any atom is 0.246 e. The van der Waals surface area contributed by atoms with Gasteiger partial charge in [-0.15, -0.1) is 0 Å². The molecule has 1 saturated carbocycles. The number of benzene rings is 3. The Morgan fingerprint density at radius 3 is 2.37 bits per heavy atom. The third-order valence-corrected chi connectivity index (χ3v) is 15.1. The van der Waals surface area contributed by atoms with Crippen LogP contribution in [0.25, 0.3) is 11.1 Å². The van der Waals surface area contributed by atoms with Crippen LogP contribution in [0.5, 0.6) is 11.5 Å². The van der Waals surface area contributed by atoms with E-state index in [1.165, 1.54) is 23.4 Å². The van der Waals surface area contributed by atoms with Gasteiger partial charge in [0, 0.05) is 39.1 Å². The van der Waals surface area contributed by atoms with Crippen molar-refractivity contribution in [2.45, 2.75) is 84.7 Å². The largest absolute Gasteiger partial charge is 0.492 e. The van der Waals surface area contributed by atoms with Crippen molar-refractivity contribution in [1.29, 1.82) is 0 Å². The molecule has 0 aromatic heterocycles. The quantitative estimate of drug-likeness (QED) is 0.158. The minimum Gasteiger partial charge on any atom is -0.492 e. The van der Waals surface area contributed by atoms with Gasteiger partial charge in [0.2, 0.25) is 15.9 Å². The summed E-state index contributed by atoms with van der Waals surface area (Å²) in [6, 6.07) is 19.2. The molecular weight excluding hydrogens is 735 g/mol. The molecule has 2 saturated heterocycles. The fraction of sp³-hybridized carbons (Fsp3) is 0.513. The number of nitrogens with zero attached hydrogens (tertiary/aromatic N) is 1. The smallest absolute Gasteiger partial charge is 0.246 e. The molecule has 13 nitrogen and oxygen atoms in total. The van der Waals surface area contributed by atoms with Crippen LogP contribution in [0.3, 0.4) is 0 Å². The van der Waals surface area contributed by atoms with Gasteiger partial charge in [0.1, 0.15) is 29.1 Å². The minimum atomic E-state index is -3.90. The summed E-state index contributed by atoms with van der Waals surface area (Å²) < 4.78 is 72.3. The molecule has 3 aromatic carbocycles. The van der Waals surface area contributed by atoms with Gasteiger partial charge in [-0.25, -0.2) is 16.8 Å². The second kappa shape index (κ2) is 16.7. The van der Waals surface area contributed by atoms with E-state index in [0.29, 0.717) is 82.9 Å². The van der Waals surface area contributed by atoms with Crippen LogP contribution >= 0.6 is 0 Å². The fourth-order valence-corrected chi connectivity index (χ4v) is 10.6. The molecule has 4 N–H and O–H groups in total. The molecule has 15 heteroatoms. The molecule has 2 heterocycles. The van der Waals surface area contributed by atoms with E-state index < -0.39 is 42.9 Å². The van der Waals surface area contributed by atoms with Gasteiger partial charge < -0.3 is 35.1 Å². The van der Waals surface area contributed by atoms with E-state index in [0.717, 1.165) is 16.7 Å². The van der Waals surface area contributed by atoms with Crippen LogP contribution < -0.4 is 20.1 Å². The van der Waals surface area contributed by atoms with Crippen LogP contribution in [0.2, 0.25) is 0 Å². The third-order valence-electron chi connectivity index (χ3n) is 10.6. The molecule has 2 atom stereocenters. The minimum absolute atomic E-state index is 0.0393. The maximum atomic E-state index is 14.1. The van der Waals surface area contributed by atoms with E-state index in [1.807, 2.05) is 37.3 Å². The number of nitrogens with one attached hydrogen (secondary N) is 2. The van der Waals surface area contributed by atoms with Crippen molar-refractivity contribution >= 4 is 25.8 Å². The Hall–Kier alpha value is -3.57. The van der Waals surface area contributed by atoms with Crippen molar-refractivity contribution in [1.82, 2.24) is 14.9 Å². The molecule has 3 aliphatic rings. The molecule has 54 heavy (non-hydrogen) atoms. The van der Waals surface area contributed by atoms with E-state index in [4.69, 9.17) is 14.2 Å². The predicted molar refractivity (Wildman–Crippen MR) is 203 cm³/mol. The Kier molecular flexibility index (Phi) is 12.4. The summed E-state index contributed by atoms with van der Waals surface area (Å²) in [6.07, 6.45) is 2.39. The topological polar surface area (TPSA) is 181 Å². The number of carbonyl (C=O) groups is 1. The number of amides is 1. The lowest BCUT2D eigenvalue weighted by molar-refractivity contribution is -0.118. The lowest BCUT2D eigenvalue weighted by Crippen LogP contribution is -2.47. The van der Waals surface area contributed by atoms with Crippen LogP contribution in [0.1, 0.15) is 51.5 Å².